The molecule has 1 rings (SSSR count). The van der Waals surface area contributed by atoms with Gasteiger partial charge in [-0.2, -0.15) is 13.2 Å². The van der Waals surface area contributed by atoms with Gasteiger partial charge in [0.2, 0.25) is 0 Å². The number of benzene rings is 1. The fourth-order valence-corrected chi connectivity index (χ4v) is 1.49. The highest BCUT2D eigenvalue weighted by molar-refractivity contribution is 5.18. The van der Waals surface area contributed by atoms with Crippen molar-refractivity contribution in [2.45, 2.75) is 18.3 Å². The van der Waals surface area contributed by atoms with Gasteiger partial charge in [0.25, 0.3) is 0 Å². The van der Waals surface area contributed by atoms with E-state index in [1.54, 1.807) is 24.3 Å². The molecule has 2 N–H and O–H groups in total. The number of rotatable bonds is 6. The van der Waals surface area contributed by atoms with Crippen molar-refractivity contribution < 1.29 is 23.0 Å². The fraction of sp³-hybridized carbons (Fsp3) is 0.500. The summed E-state index contributed by atoms with van der Waals surface area (Å²) in [5, 5.41) is 11.6. The van der Waals surface area contributed by atoms with Gasteiger partial charge < -0.3 is 15.2 Å². The molecule has 0 fully saturated rings. The van der Waals surface area contributed by atoms with Gasteiger partial charge in [0, 0.05) is 13.7 Å². The van der Waals surface area contributed by atoms with E-state index in [-0.39, 0.29) is 12.6 Å². The zero-order valence-corrected chi connectivity index (χ0v) is 9.95. The van der Waals surface area contributed by atoms with Crippen molar-refractivity contribution in [2.75, 3.05) is 20.3 Å². The SMILES string of the molecule is COCC(NCC(O)C(F)(F)F)c1ccccc1. The molecule has 0 spiro atoms. The van der Waals surface area contributed by atoms with E-state index in [1.165, 1.54) is 7.11 Å². The number of halogens is 3. The normalized spacial score (nSPS) is 15.4. The summed E-state index contributed by atoms with van der Waals surface area (Å²) in [6.45, 7) is -0.332. The highest BCUT2D eigenvalue weighted by Gasteiger charge is 2.38. The van der Waals surface area contributed by atoms with E-state index in [0.717, 1.165) is 5.56 Å². The van der Waals surface area contributed by atoms with Crippen molar-refractivity contribution in [3.63, 3.8) is 0 Å². The molecule has 2 atom stereocenters. The Bertz CT molecular complexity index is 343. The smallest absolute Gasteiger partial charge is 0.383 e. The highest BCUT2D eigenvalue weighted by Crippen LogP contribution is 2.20. The minimum absolute atomic E-state index is 0.231. The van der Waals surface area contributed by atoms with E-state index in [9.17, 15) is 13.2 Å². The molecular formula is C12H16F3NO2. The number of methoxy groups -OCH3 is 1. The maximum Gasteiger partial charge on any atom is 0.415 e. The van der Waals surface area contributed by atoms with Crippen LogP contribution in [-0.2, 0) is 4.74 Å². The molecule has 0 saturated heterocycles. The number of alkyl halides is 3. The molecule has 0 aliphatic heterocycles. The van der Waals surface area contributed by atoms with E-state index in [4.69, 9.17) is 9.84 Å². The molecule has 0 saturated carbocycles. The van der Waals surface area contributed by atoms with Crippen LogP contribution in [-0.4, -0.2) is 37.6 Å². The summed E-state index contributed by atoms with van der Waals surface area (Å²) in [6, 6.07) is 8.60. The Morgan fingerprint density at radius 3 is 2.39 bits per heavy atom. The molecule has 0 aromatic heterocycles. The summed E-state index contributed by atoms with van der Waals surface area (Å²) in [6.07, 6.45) is -6.98. The van der Waals surface area contributed by atoms with Crippen LogP contribution in [0.4, 0.5) is 13.2 Å². The van der Waals surface area contributed by atoms with E-state index >= 15 is 0 Å². The van der Waals surface area contributed by atoms with Crippen molar-refractivity contribution in [3.8, 4) is 0 Å². The number of ether oxygens (including phenoxy) is 1. The number of hydrogen-bond acceptors (Lipinski definition) is 3. The first-order valence-electron chi connectivity index (χ1n) is 5.47. The summed E-state index contributed by atoms with van der Waals surface area (Å²) in [4.78, 5) is 0. The van der Waals surface area contributed by atoms with Crippen LogP contribution < -0.4 is 5.32 Å². The number of nitrogens with one attached hydrogen (secondary N) is 1. The first-order valence-corrected chi connectivity index (χ1v) is 5.47. The second kappa shape index (κ2) is 6.72. The second-order valence-corrected chi connectivity index (χ2v) is 3.88. The molecule has 1 aromatic rings. The topological polar surface area (TPSA) is 41.5 Å². The maximum absolute atomic E-state index is 12.2. The molecule has 1 aromatic carbocycles. The third kappa shape index (κ3) is 4.64. The first kappa shape index (κ1) is 14.9. The number of aliphatic hydroxyl groups is 1. The lowest BCUT2D eigenvalue weighted by molar-refractivity contribution is -0.202. The van der Waals surface area contributed by atoms with Crippen LogP contribution in [0, 0.1) is 0 Å². The molecule has 3 nitrogen and oxygen atoms in total. The molecular weight excluding hydrogens is 247 g/mol. The lowest BCUT2D eigenvalue weighted by Gasteiger charge is -2.21. The minimum Gasteiger partial charge on any atom is -0.383 e. The van der Waals surface area contributed by atoms with Gasteiger partial charge in [0.15, 0.2) is 6.10 Å². The third-order valence-corrected chi connectivity index (χ3v) is 2.47. The van der Waals surface area contributed by atoms with Crippen molar-refractivity contribution in [1.29, 1.82) is 0 Å². The minimum atomic E-state index is -4.61. The van der Waals surface area contributed by atoms with Crippen LogP contribution in [0.3, 0.4) is 0 Å². The molecule has 6 heteroatoms. The fourth-order valence-electron chi connectivity index (χ4n) is 1.49. The maximum atomic E-state index is 12.2. The molecule has 2 unspecified atom stereocenters. The third-order valence-electron chi connectivity index (χ3n) is 2.47. The van der Waals surface area contributed by atoms with Gasteiger partial charge in [0.05, 0.1) is 12.6 Å². The quantitative estimate of drug-likeness (QED) is 0.823. The number of aliphatic hydroxyl groups excluding tert-OH is 1. The second-order valence-electron chi connectivity index (χ2n) is 3.88. The average molecular weight is 263 g/mol. The largest absolute Gasteiger partial charge is 0.415 e. The van der Waals surface area contributed by atoms with Gasteiger partial charge in [0.1, 0.15) is 0 Å². The Balaban J connectivity index is 2.59. The highest BCUT2D eigenvalue weighted by atomic mass is 19.4. The van der Waals surface area contributed by atoms with Crippen molar-refractivity contribution in [2.24, 2.45) is 0 Å². The molecule has 18 heavy (non-hydrogen) atoms. The predicted octanol–water partition coefficient (Wildman–Crippen LogP) is 1.89. The predicted molar refractivity (Wildman–Crippen MR) is 61.1 cm³/mol. The van der Waals surface area contributed by atoms with Crippen LogP contribution in [0.1, 0.15) is 11.6 Å². The van der Waals surface area contributed by atoms with E-state index < -0.39 is 18.8 Å². The van der Waals surface area contributed by atoms with Crippen LogP contribution in [0.25, 0.3) is 0 Å². The van der Waals surface area contributed by atoms with Gasteiger partial charge in [-0.05, 0) is 5.56 Å². The van der Waals surface area contributed by atoms with E-state index in [2.05, 4.69) is 5.32 Å². The summed E-state index contributed by atoms with van der Waals surface area (Å²) in [5.41, 5.74) is 0.814. The molecule has 0 aliphatic carbocycles. The van der Waals surface area contributed by atoms with E-state index in [1.807, 2.05) is 6.07 Å². The molecule has 0 radical (unpaired) electrons. The Labute approximate surface area is 104 Å². The molecule has 0 bridgehead atoms. The number of hydrogen-bond donors (Lipinski definition) is 2. The standard InChI is InChI=1S/C12H16F3NO2/c1-18-8-10(9-5-3-2-4-6-9)16-7-11(17)12(13,14)15/h2-6,10-11,16-17H,7-8H2,1H3. The van der Waals surface area contributed by atoms with Gasteiger partial charge in [-0.3, -0.25) is 0 Å². The monoisotopic (exact) mass is 263 g/mol. The lowest BCUT2D eigenvalue weighted by Crippen LogP contribution is -2.40. The van der Waals surface area contributed by atoms with Crippen LogP contribution in [0.5, 0.6) is 0 Å². The van der Waals surface area contributed by atoms with Gasteiger partial charge >= 0.3 is 6.18 Å². The molecule has 102 valence electrons. The van der Waals surface area contributed by atoms with Gasteiger partial charge in [-0.25, -0.2) is 0 Å². The Hall–Kier alpha value is -1.11. The van der Waals surface area contributed by atoms with E-state index in [0.29, 0.717) is 0 Å². The lowest BCUT2D eigenvalue weighted by atomic mass is 10.1. The van der Waals surface area contributed by atoms with Crippen LogP contribution in [0.15, 0.2) is 30.3 Å². The summed E-state index contributed by atoms with van der Waals surface area (Å²) >= 11 is 0. The Kier molecular flexibility index (Phi) is 5.58. The average Bonchev–Trinajstić information content (AvgIpc) is 2.34. The molecule has 0 amide bonds. The summed E-state index contributed by atoms with van der Waals surface area (Å²) in [7, 11) is 1.47. The van der Waals surface area contributed by atoms with Crippen molar-refractivity contribution >= 4 is 0 Å². The van der Waals surface area contributed by atoms with Crippen LogP contribution in [0.2, 0.25) is 0 Å². The zero-order valence-electron chi connectivity index (χ0n) is 9.95. The molecule has 0 heterocycles. The van der Waals surface area contributed by atoms with Crippen LogP contribution >= 0.6 is 0 Å². The van der Waals surface area contributed by atoms with Crippen molar-refractivity contribution in [3.05, 3.63) is 35.9 Å². The zero-order chi connectivity index (χ0) is 13.6. The Morgan fingerprint density at radius 1 is 1.28 bits per heavy atom. The van der Waals surface area contributed by atoms with Crippen molar-refractivity contribution in [1.82, 2.24) is 5.32 Å². The molecule has 0 aliphatic rings. The van der Waals surface area contributed by atoms with Gasteiger partial charge in [-0.15, -0.1) is 0 Å². The summed E-state index contributed by atoms with van der Waals surface area (Å²) in [5.74, 6) is 0. The Morgan fingerprint density at radius 2 is 1.89 bits per heavy atom. The first-order chi connectivity index (χ1) is 8.45. The van der Waals surface area contributed by atoms with Gasteiger partial charge in [-0.1, -0.05) is 30.3 Å². The summed E-state index contributed by atoms with van der Waals surface area (Å²) < 4.78 is 41.5.